The molecule has 0 radical (unpaired) electrons. The molecule has 1 fully saturated rings. The second-order valence-electron chi connectivity index (χ2n) is 6.76. The minimum absolute atomic E-state index is 0.112. The maximum Gasteiger partial charge on any atom is 0.261 e. The van der Waals surface area contributed by atoms with Gasteiger partial charge in [-0.1, -0.05) is 24.6 Å². The van der Waals surface area contributed by atoms with Crippen molar-refractivity contribution < 1.29 is 23.2 Å². The van der Waals surface area contributed by atoms with Crippen molar-refractivity contribution in [2.24, 2.45) is 0 Å². The molecule has 1 amide bonds. The van der Waals surface area contributed by atoms with Gasteiger partial charge < -0.3 is 4.74 Å². The van der Waals surface area contributed by atoms with Gasteiger partial charge in [0.2, 0.25) is 0 Å². The van der Waals surface area contributed by atoms with Crippen molar-refractivity contribution in [1.29, 1.82) is 0 Å². The average molecular weight is 404 g/mol. The van der Waals surface area contributed by atoms with E-state index in [-0.39, 0.29) is 4.90 Å². The van der Waals surface area contributed by atoms with Crippen molar-refractivity contribution in [2.75, 3.05) is 18.8 Å². The molecule has 3 rings (SSSR count). The van der Waals surface area contributed by atoms with Gasteiger partial charge in [0.05, 0.1) is 10.6 Å². The molecule has 0 bridgehead atoms. The van der Waals surface area contributed by atoms with Crippen LogP contribution in [0.5, 0.6) is 11.5 Å². The van der Waals surface area contributed by atoms with Gasteiger partial charge in [-0.3, -0.25) is 14.9 Å². The number of carbonyl (C=O) groups excluding carboxylic acids is 1. The molecule has 0 aromatic heterocycles. The lowest BCUT2D eigenvalue weighted by Gasteiger charge is -2.32. The average Bonchev–Trinajstić information content (AvgIpc) is 2.73. The maximum absolute atomic E-state index is 12.8. The van der Waals surface area contributed by atoms with Crippen LogP contribution in [-0.2, 0) is 14.6 Å². The zero-order chi connectivity index (χ0) is 20.0. The van der Waals surface area contributed by atoms with E-state index in [4.69, 9.17) is 9.94 Å². The first kappa shape index (κ1) is 20.3. The highest BCUT2D eigenvalue weighted by Crippen LogP contribution is 2.24. The van der Waals surface area contributed by atoms with Gasteiger partial charge in [-0.25, -0.2) is 13.9 Å². The standard InChI is InChI=1S/C20H24N2O5S/c23-20(21-24)19(22-13-5-2-6-14-22)15-28(25,26)18-11-9-17(10-12-18)27-16-7-3-1-4-8-16/h1,3-4,7-12,19,24H,2,5-6,13-15H2,(H,21,23)/t19-/m0/s1. The number of nitrogens with one attached hydrogen (secondary N) is 1. The second kappa shape index (κ2) is 9.18. The zero-order valence-corrected chi connectivity index (χ0v) is 16.3. The third-order valence-corrected chi connectivity index (χ3v) is 6.53. The molecule has 28 heavy (non-hydrogen) atoms. The number of carbonyl (C=O) groups is 1. The van der Waals surface area contributed by atoms with E-state index in [9.17, 15) is 13.2 Å². The Balaban J connectivity index is 1.74. The van der Waals surface area contributed by atoms with Crippen LogP contribution in [0.3, 0.4) is 0 Å². The molecule has 2 aromatic rings. The van der Waals surface area contributed by atoms with E-state index in [1.54, 1.807) is 29.7 Å². The SMILES string of the molecule is O=C(NO)[C@H](CS(=O)(=O)c1ccc(Oc2ccccc2)cc1)N1CCCCC1. The highest BCUT2D eigenvalue weighted by molar-refractivity contribution is 7.91. The van der Waals surface area contributed by atoms with E-state index < -0.39 is 27.5 Å². The molecule has 0 aliphatic carbocycles. The summed E-state index contributed by atoms with van der Waals surface area (Å²) in [5.41, 5.74) is 1.61. The van der Waals surface area contributed by atoms with E-state index in [2.05, 4.69) is 0 Å². The predicted molar refractivity (Wildman–Crippen MR) is 104 cm³/mol. The highest BCUT2D eigenvalue weighted by atomic mass is 32.2. The van der Waals surface area contributed by atoms with Crippen LogP contribution >= 0.6 is 0 Å². The lowest BCUT2D eigenvalue weighted by atomic mass is 10.1. The smallest absolute Gasteiger partial charge is 0.261 e. The number of para-hydroxylation sites is 1. The molecule has 0 spiro atoms. The minimum atomic E-state index is -3.72. The number of sulfone groups is 1. The monoisotopic (exact) mass is 404 g/mol. The fourth-order valence-electron chi connectivity index (χ4n) is 3.30. The van der Waals surface area contributed by atoms with Gasteiger partial charge in [0.25, 0.3) is 5.91 Å². The predicted octanol–water partition coefficient (Wildman–Crippen LogP) is 2.61. The summed E-state index contributed by atoms with van der Waals surface area (Å²) in [6.07, 6.45) is 2.86. The van der Waals surface area contributed by atoms with Crippen LogP contribution in [0.25, 0.3) is 0 Å². The van der Waals surface area contributed by atoms with Crippen LogP contribution in [0.1, 0.15) is 19.3 Å². The van der Waals surface area contributed by atoms with Gasteiger partial charge in [0, 0.05) is 0 Å². The summed E-state index contributed by atoms with van der Waals surface area (Å²) in [5.74, 6) is 0.0846. The molecule has 1 aliphatic heterocycles. The Hall–Kier alpha value is -2.42. The van der Waals surface area contributed by atoms with Gasteiger partial charge in [-0.15, -0.1) is 0 Å². The molecule has 150 valence electrons. The molecular formula is C20H24N2O5S. The first-order valence-electron chi connectivity index (χ1n) is 9.23. The fraction of sp³-hybridized carbons (Fsp3) is 0.350. The largest absolute Gasteiger partial charge is 0.457 e. The van der Waals surface area contributed by atoms with Crippen molar-refractivity contribution in [3.63, 3.8) is 0 Å². The third-order valence-electron chi connectivity index (χ3n) is 4.78. The van der Waals surface area contributed by atoms with Crippen molar-refractivity contribution in [3.8, 4) is 11.5 Å². The molecule has 8 heteroatoms. The van der Waals surface area contributed by atoms with E-state index in [0.29, 0.717) is 24.6 Å². The van der Waals surface area contributed by atoms with Gasteiger partial charge in [0.1, 0.15) is 17.5 Å². The van der Waals surface area contributed by atoms with Crippen LogP contribution in [0.4, 0.5) is 0 Å². The molecule has 2 aromatic carbocycles. The number of rotatable bonds is 7. The van der Waals surface area contributed by atoms with Crippen LogP contribution in [0, 0.1) is 0 Å². The summed E-state index contributed by atoms with van der Waals surface area (Å²) in [4.78, 5) is 14.0. The Bertz CT molecular complexity index is 879. The topological polar surface area (TPSA) is 95.9 Å². The van der Waals surface area contributed by atoms with E-state index in [1.165, 1.54) is 12.1 Å². The number of benzene rings is 2. The summed E-state index contributed by atoms with van der Waals surface area (Å²) in [7, 11) is -3.72. The number of piperidine rings is 1. The summed E-state index contributed by atoms with van der Waals surface area (Å²) in [6, 6.07) is 14.4. The van der Waals surface area contributed by atoms with Crippen LogP contribution < -0.4 is 10.2 Å². The summed E-state index contributed by atoms with van der Waals surface area (Å²) in [6.45, 7) is 1.27. The molecule has 0 saturated carbocycles. The van der Waals surface area contributed by atoms with Crippen molar-refractivity contribution in [2.45, 2.75) is 30.2 Å². The summed E-state index contributed by atoms with van der Waals surface area (Å²) in [5, 5.41) is 9.04. The van der Waals surface area contributed by atoms with Gasteiger partial charge in [0.15, 0.2) is 9.84 Å². The van der Waals surface area contributed by atoms with E-state index in [1.807, 2.05) is 23.1 Å². The molecule has 1 aliphatic rings. The number of amides is 1. The number of hydroxylamine groups is 1. The van der Waals surface area contributed by atoms with Crippen molar-refractivity contribution in [1.82, 2.24) is 10.4 Å². The molecule has 1 atom stereocenters. The molecule has 1 saturated heterocycles. The quantitative estimate of drug-likeness (QED) is 0.544. The number of hydrogen-bond donors (Lipinski definition) is 2. The Labute approximate surface area is 164 Å². The fourth-order valence-corrected chi connectivity index (χ4v) is 4.82. The summed E-state index contributed by atoms with van der Waals surface area (Å²) >= 11 is 0. The number of likely N-dealkylation sites (tertiary alicyclic amines) is 1. The molecule has 7 nitrogen and oxygen atoms in total. The van der Waals surface area contributed by atoms with Gasteiger partial charge in [-0.2, -0.15) is 0 Å². The second-order valence-corrected chi connectivity index (χ2v) is 8.79. The number of nitrogens with zero attached hydrogens (tertiary/aromatic N) is 1. The van der Waals surface area contributed by atoms with Gasteiger partial charge >= 0.3 is 0 Å². The third kappa shape index (κ3) is 5.09. The van der Waals surface area contributed by atoms with Crippen molar-refractivity contribution in [3.05, 3.63) is 54.6 Å². The van der Waals surface area contributed by atoms with Crippen LogP contribution in [0.2, 0.25) is 0 Å². The lowest BCUT2D eigenvalue weighted by molar-refractivity contribution is -0.134. The van der Waals surface area contributed by atoms with Gasteiger partial charge in [-0.05, 0) is 62.3 Å². The lowest BCUT2D eigenvalue weighted by Crippen LogP contribution is -2.51. The van der Waals surface area contributed by atoms with Crippen molar-refractivity contribution >= 4 is 15.7 Å². The molecular weight excluding hydrogens is 380 g/mol. The Kier molecular flexibility index (Phi) is 6.66. The first-order chi connectivity index (χ1) is 13.5. The van der Waals surface area contributed by atoms with Crippen LogP contribution in [-0.4, -0.2) is 49.3 Å². The minimum Gasteiger partial charge on any atom is -0.457 e. The number of ether oxygens (including phenoxy) is 1. The Morgan fingerprint density at radius 3 is 2.21 bits per heavy atom. The number of hydrogen-bond acceptors (Lipinski definition) is 6. The first-order valence-corrected chi connectivity index (χ1v) is 10.9. The van der Waals surface area contributed by atoms with Crippen LogP contribution in [0.15, 0.2) is 59.5 Å². The molecule has 2 N–H and O–H groups in total. The molecule has 0 unspecified atom stereocenters. The Morgan fingerprint density at radius 1 is 1.00 bits per heavy atom. The molecule has 1 heterocycles. The maximum atomic E-state index is 12.8. The van der Waals surface area contributed by atoms with E-state index >= 15 is 0 Å². The zero-order valence-electron chi connectivity index (χ0n) is 15.5. The normalized spacial score (nSPS) is 16.3. The van der Waals surface area contributed by atoms with E-state index in [0.717, 1.165) is 19.3 Å². The highest BCUT2D eigenvalue weighted by Gasteiger charge is 2.32. The Morgan fingerprint density at radius 2 is 1.61 bits per heavy atom. The summed E-state index contributed by atoms with van der Waals surface area (Å²) < 4.78 is 31.4.